The van der Waals surface area contributed by atoms with Gasteiger partial charge in [0, 0.05) is 53.7 Å². The highest BCUT2D eigenvalue weighted by molar-refractivity contribution is 7.25. The summed E-state index contributed by atoms with van der Waals surface area (Å²) in [6.45, 7) is 0. The average molecular weight is 693 g/mol. The lowest BCUT2D eigenvalue weighted by Crippen LogP contribution is -2.09. The van der Waals surface area contributed by atoms with E-state index >= 15 is 0 Å². The van der Waals surface area contributed by atoms with E-state index in [0.29, 0.717) is 0 Å². The summed E-state index contributed by atoms with van der Waals surface area (Å²) in [7, 11) is 0. The van der Waals surface area contributed by atoms with Gasteiger partial charge < -0.3 is 9.47 Å². The van der Waals surface area contributed by atoms with Gasteiger partial charge in [0.15, 0.2) is 0 Å². The van der Waals surface area contributed by atoms with Crippen LogP contribution in [-0.4, -0.2) is 4.57 Å². The minimum atomic E-state index is 1.12. The number of rotatable bonds is 5. The van der Waals surface area contributed by atoms with Crippen LogP contribution in [-0.2, 0) is 0 Å². The molecule has 0 N–H and O–H groups in total. The summed E-state index contributed by atoms with van der Waals surface area (Å²) in [4.78, 5) is 2.32. The maximum Gasteiger partial charge on any atom is 0.0547 e. The van der Waals surface area contributed by atoms with Crippen molar-refractivity contribution in [3.05, 3.63) is 194 Å². The second-order valence-corrected chi connectivity index (χ2v) is 14.8. The van der Waals surface area contributed by atoms with Crippen LogP contribution in [0, 0.1) is 0 Å². The molecule has 0 amide bonds. The van der Waals surface area contributed by atoms with E-state index in [9.17, 15) is 0 Å². The third kappa shape index (κ3) is 4.78. The highest BCUT2D eigenvalue weighted by Gasteiger charge is 2.19. The fraction of sp³-hybridized carbons (Fsp3) is 0. The number of nitrogens with zero attached hydrogens (tertiary/aromatic N) is 2. The quantitative estimate of drug-likeness (QED) is 0.163. The van der Waals surface area contributed by atoms with E-state index in [4.69, 9.17) is 0 Å². The lowest BCUT2D eigenvalue weighted by molar-refractivity contribution is 1.18. The zero-order valence-corrected chi connectivity index (χ0v) is 29.6. The Morgan fingerprint density at radius 1 is 0.358 bits per heavy atom. The molecule has 3 heteroatoms. The van der Waals surface area contributed by atoms with Crippen LogP contribution in [0.4, 0.5) is 17.1 Å². The molecule has 9 aromatic carbocycles. The molecule has 11 aromatic rings. The number of para-hydroxylation sites is 4. The minimum Gasteiger partial charge on any atom is -0.311 e. The molecule has 0 aliphatic rings. The fourth-order valence-electron chi connectivity index (χ4n) is 8.32. The number of thiophene rings is 1. The molecule has 0 unspecified atom stereocenters. The largest absolute Gasteiger partial charge is 0.311 e. The Balaban J connectivity index is 1.20. The first-order valence-corrected chi connectivity index (χ1v) is 18.9. The van der Waals surface area contributed by atoms with Gasteiger partial charge in [0.05, 0.1) is 11.0 Å². The Kier molecular flexibility index (Phi) is 6.76. The second-order valence-electron chi connectivity index (χ2n) is 13.7. The molecule has 0 saturated carbocycles. The lowest BCUT2D eigenvalue weighted by atomic mass is 9.91. The molecule has 53 heavy (non-hydrogen) atoms. The fourth-order valence-corrected chi connectivity index (χ4v) is 9.46. The summed E-state index contributed by atoms with van der Waals surface area (Å²) in [6, 6.07) is 70.9. The first-order valence-electron chi connectivity index (χ1n) is 18.1. The predicted molar refractivity (Wildman–Crippen MR) is 229 cm³/mol. The van der Waals surface area contributed by atoms with Crippen molar-refractivity contribution in [3.63, 3.8) is 0 Å². The van der Waals surface area contributed by atoms with Crippen LogP contribution in [0.2, 0.25) is 0 Å². The van der Waals surface area contributed by atoms with Gasteiger partial charge in [-0.25, -0.2) is 0 Å². The highest BCUT2D eigenvalue weighted by Crippen LogP contribution is 2.45. The van der Waals surface area contributed by atoms with Crippen LogP contribution in [0.1, 0.15) is 0 Å². The molecule has 0 spiro atoms. The molecule has 0 aliphatic carbocycles. The van der Waals surface area contributed by atoms with Gasteiger partial charge in [0.2, 0.25) is 0 Å². The van der Waals surface area contributed by atoms with Crippen LogP contribution < -0.4 is 4.90 Å². The minimum absolute atomic E-state index is 1.12. The van der Waals surface area contributed by atoms with Crippen molar-refractivity contribution in [2.45, 2.75) is 0 Å². The van der Waals surface area contributed by atoms with Crippen molar-refractivity contribution in [3.8, 4) is 16.8 Å². The maximum atomic E-state index is 2.46. The van der Waals surface area contributed by atoms with Crippen molar-refractivity contribution in [2.24, 2.45) is 0 Å². The number of benzene rings is 9. The third-order valence-corrected chi connectivity index (χ3v) is 11.9. The van der Waals surface area contributed by atoms with Crippen LogP contribution in [0.15, 0.2) is 194 Å². The molecular weight excluding hydrogens is 661 g/mol. The van der Waals surface area contributed by atoms with Crippen molar-refractivity contribution in [2.75, 3.05) is 4.90 Å². The van der Waals surface area contributed by atoms with E-state index in [-0.39, 0.29) is 0 Å². The van der Waals surface area contributed by atoms with Crippen molar-refractivity contribution in [1.29, 1.82) is 0 Å². The van der Waals surface area contributed by atoms with E-state index in [0.717, 1.165) is 22.7 Å². The van der Waals surface area contributed by atoms with Crippen LogP contribution in [0.5, 0.6) is 0 Å². The van der Waals surface area contributed by atoms with E-state index in [1.54, 1.807) is 0 Å². The van der Waals surface area contributed by atoms with Crippen molar-refractivity contribution in [1.82, 2.24) is 4.57 Å². The van der Waals surface area contributed by atoms with Crippen LogP contribution >= 0.6 is 11.3 Å². The summed E-state index contributed by atoms with van der Waals surface area (Å²) in [5, 5.41) is 10.3. The van der Waals surface area contributed by atoms with Gasteiger partial charge in [-0.2, -0.15) is 0 Å². The van der Waals surface area contributed by atoms with Crippen molar-refractivity contribution >= 4 is 91.9 Å². The standard InChI is InChI=1S/C50H32N2S/c1-4-14-35(15-5-1)51(36-16-6-2-7-17-36)38-26-24-33(25-27-38)41-28-34-29-50-46(40-21-11-13-23-49(40)53-50)30-42(34)43-31-45-39-20-10-12-22-47(39)52(48(45)32-44(41)43)37-18-8-3-9-19-37/h1-32H. The predicted octanol–water partition coefficient (Wildman–Crippen LogP) is 14.6. The Morgan fingerprint density at radius 3 is 1.70 bits per heavy atom. The summed E-state index contributed by atoms with van der Waals surface area (Å²) in [5.41, 5.74) is 9.40. The van der Waals surface area contributed by atoms with Gasteiger partial charge in [0.1, 0.15) is 0 Å². The number of fused-ring (bicyclic) bond motifs is 9. The number of hydrogen-bond acceptors (Lipinski definition) is 2. The average Bonchev–Trinajstić information content (AvgIpc) is 3.75. The Morgan fingerprint density at radius 2 is 0.962 bits per heavy atom. The van der Waals surface area contributed by atoms with Gasteiger partial charge in [0.25, 0.3) is 0 Å². The van der Waals surface area contributed by atoms with Gasteiger partial charge in [-0.3, -0.25) is 0 Å². The Labute approximate surface area is 311 Å². The Hall–Kier alpha value is -6.68. The molecule has 0 atom stereocenters. The molecular formula is C50H32N2S. The van der Waals surface area contributed by atoms with E-state index in [1.165, 1.54) is 74.6 Å². The van der Waals surface area contributed by atoms with Crippen molar-refractivity contribution < 1.29 is 0 Å². The number of aromatic nitrogens is 1. The first kappa shape index (κ1) is 30.0. The zero-order chi connectivity index (χ0) is 34.9. The summed E-state index contributed by atoms with van der Waals surface area (Å²) in [5.74, 6) is 0. The summed E-state index contributed by atoms with van der Waals surface area (Å²) >= 11 is 1.88. The molecule has 248 valence electrons. The van der Waals surface area contributed by atoms with Gasteiger partial charge in [-0.1, -0.05) is 103 Å². The monoisotopic (exact) mass is 692 g/mol. The van der Waals surface area contributed by atoms with E-state index < -0.39 is 0 Å². The van der Waals surface area contributed by atoms with Gasteiger partial charge in [-0.05, 0) is 124 Å². The molecule has 11 rings (SSSR count). The Bertz CT molecular complexity index is 3100. The van der Waals surface area contributed by atoms with E-state index in [2.05, 4.69) is 204 Å². The molecule has 0 saturated heterocycles. The normalized spacial score (nSPS) is 11.8. The molecule has 0 fully saturated rings. The molecule has 0 aliphatic heterocycles. The summed E-state index contributed by atoms with van der Waals surface area (Å²) in [6.07, 6.45) is 0. The zero-order valence-electron chi connectivity index (χ0n) is 28.8. The van der Waals surface area contributed by atoms with Gasteiger partial charge in [-0.15, -0.1) is 11.3 Å². The SMILES string of the molecule is c1ccc(N(c2ccccc2)c2ccc(-c3cc4cc5sc6ccccc6c5cc4c4cc5c6ccccc6n(-c6ccccc6)c5cc34)cc2)cc1. The molecule has 0 radical (unpaired) electrons. The number of hydrogen-bond donors (Lipinski definition) is 0. The second kappa shape index (κ2) is 11.9. The van der Waals surface area contributed by atoms with Crippen LogP contribution in [0.25, 0.3) is 80.3 Å². The van der Waals surface area contributed by atoms with Gasteiger partial charge >= 0.3 is 0 Å². The lowest BCUT2D eigenvalue weighted by Gasteiger charge is -2.25. The number of anilines is 3. The molecule has 2 aromatic heterocycles. The van der Waals surface area contributed by atoms with Crippen LogP contribution in [0.3, 0.4) is 0 Å². The molecule has 2 heterocycles. The summed E-state index contributed by atoms with van der Waals surface area (Å²) < 4.78 is 5.07. The molecule has 2 nitrogen and oxygen atoms in total. The maximum absolute atomic E-state index is 2.46. The van der Waals surface area contributed by atoms with E-state index in [1.807, 2.05) is 11.3 Å². The third-order valence-electron chi connectivity index (χ3n) is 10.7. The molecule has 0 bridgehead atoms. The topological polar surface area (TPSA) is 8.17 Å². The first-order chi connectivity index (χ1) is 26.3. The highest BCUT2D eigenvalue weighted by atomic mass is 32.1. The smallest absolute Gasteiger partial charge is 0.0547 e.